The van der Waals surface area contributed by atoms with Gasteiger partial charge in [-0.3, -0.25) is 0 Å². The molecule has 37 heavy (non-hydrogen) atoms. The van der Waals surface area contributed by atoms with E-state index in [2.05, 4.69) is 15.1 Å². The summed E-state index contributed by atoms with van der Waals surface area (Å²) in [6.45, 7) is 3.69. The van der Waals surface area contributed by atoms with E-state index in [0.717, 1.165) is 42.6 Å². The van der Waals surface area contributed by atoms with Crippen LogP contribution < -0.4 is 0 Å². The van der Waals surface area contributed by atoms with Gasteiger partial charge in [-0.25, -0.2) is 18.7 Å². The lowest BCUT2D eigenvalue weighted by Gasteiger charge is -2.41. The Balaban J connectivity index is 1.38. The molecule has 1 atom stereocenters. The van der Waals surface area contributed by atoms with Crippen molar-refractivity contribution in [2.75, 3.05) is 6.61 Å². The molecule has 1 unspecified atom stereocenters. The molecule has 3 heterocycles. The highest BCUT2D eigenvalue weighted by molar-refractivity contribution is 5.90. The SMILES string of the molecule is Cc1cc(C)n2nc(CC3=C(O)CC(CCc4ccc(CCO)c(F)c4)(C4CCCC4)OC3=O)nc2n1. The normalized spacial score (nSPS) is 20.7. The quantitative estimate of drug-likeness (QED) is 0.437. The lowest BCUT2D eigenvalue weighted by molar-refractivity contribution is -0.167. The average Bonchev–Trinajstić information content (AvgIpc) is 3.53. The fourth-order valence-electron chi connectivity index (χ4n) is 5.85. The van der Waals surface area contributed by atoms with Gasteiger partial charge < -0.3 is 14.9 Å². The lowest BCUT2D eigenvalue weighted by atomic mass is 9.76. The van der Waals surface area contributed by atoms with E-state index < -0.39 is 11.6 Å². The first-order valence-corrected chi connectivity index (χ1v) is 13.0. The number of aromatic nitrogens is 4. The topological polar surface area (TPSA) is 110 Å². The maximum absolute atomic E-state index is 14.4. The maximum Gasteiger partial charge on any atom is 0.338 e. The van der Waals surface area contributed by atoms with E-state index in [1.165, 1.54) is 6.07 Å². The predicted octanol–water partition coefficient (Wildman–Crippen LogP) is 4.28. The number of aryl methyl sites for hydroxylation is 3. The minimum Gasteiger partial charge on any atom is -0.512 e. The Kier molecular flexibility index (Phi) is 6.98. The Labute approximate surface area is 215 Å². The first kappa shape index (κ1) is 25.3. The second-order valence-corrected chi connectivity index (χ2v) is 10.4. The molecule has 0 radical (unpaired) electrons. The maximum atomic E-state index is 14.4. The van der Waals surface area contributed by atoms with Crippen molar-refractivity contribution in [3.8, 4) is 0 Å². The summed E-state index contributed by atoms with van der Waals surface area (Å²) in [5.74, 6) is 0.127. The molecule has 1 aliphatic carbocycles. The van der Waals surface area contributed by atoms with Gasteiger partial charge in [0.15, 0.2) is 5.82 Å². The van der Waals surface area contributed by atoms with Gasteiger partial charge in [-0.05, 0) is 75.1 Å². The molecule has 0 spiro atoms. The van der Waals surface area contributed by atoms with Crippen molar-refractivity contribution >= 4 is 11.7 Å². The van der Waals surface area contributed by atoms with Gasteiger partial charge in [0.05, 0.1) is 5.57 Å². The van der Waals surface area contributed by atoms with E-state index in [-0.39, 0.29) is 48.9 Å². The molecule has 2 N–H and O–H groups in total. The molecule has 196 valence electrons. The highest BCUT2D eigenvalue weighted by Gasteiger charge is 2.48. The van der Waals surface area contributed by atoms with Gasteiger partial charge in [0.1, 0.15) is 17.2 Å². The fourth-order valence-corrected chi connectivity index (χ4v) is 5.85. The fraction of sp³-hybridized carbons (Fsp3) is 0.500. The highest BCUT2D eigenvalue weighted by Crippen LogP contribution is 2.46. The van der Waals surface area contributed by atoms with Crippen molar-refractivity contribution in [1.29, 1.82) is 0 Å². The number of ether oxygens (including phenoxy) is 1. The van der Waals surface area contributed by atoms with E-state index >= 15 is 0 Å². The zero-order valence-electron chi connectivity index (χ0n) is 21.3. The number of rotatable bonds is 8. The number of hydrogen-bond acceptors (Lipinski definition) is 7. The molecule has 1 aromatic carbocycles. The number of carbonyl (C=O) groups excluding carboxylic acids is 1. The molecular weight excluding hydrogens is 475 g/mol. The van der Waals surface area contributed by atoms with Crippen molar-refractivity contribution in [2.45, 2.75) is 77.2 Å². The molecule has 0 bridgehead atoms. The first-order chi connectivity index (χ1) is 17.8. The van der Waals surface area contributed by atoms with Crippen LogP contribution in [0.5, 0.6) is 0 Å². The van der Waals surface area contributed by atoms with E-state index in [1.54, 1.807) is 10.6 Å². The second-order valence-electron chi connectivity index (χ2n) is 10.4. The van der Waals surface area contributed by atoms with Crippen molar-refractivity contribution < 1.29 is 24.1 Å². The number of fused-ring (bicyclic) bond motifs is 1. The zero-order valence-corrected chi connectivity index (χ0v) is 21.3. The summed E-state index contributed by atoms with van der Waals surface area (Å²) in [6, 6.07) is 6.95. The summed E-state index contributed by atoms with van der Waals surface area (Å²) in [6.07, 6.45) is 5.54. The number of aliphatic hydroxyl groups excluding tert-OH is 2. The Hall–Kier alpha value is -3.33. The minimum absolute atomic E-state index is 0.0207. The van der Waals surface area contributed by atoms with Crippen molar-refractivity contribution in [3.05, 3.63) is 69.8 Å². The number of halogens is 1. The third-order valence-corrected chi connectivity index (χ3v) is 7.79. The standard InChI is InChI=1S/C28H33FN4O4/c1-17-13-18(2)33-27(30-17)31-25(32-33)15-22-24(35)16-28(37-26(22)36,21-5-3-4-6-21)11-9-19-7-8-20(10-12-34)23(29)14-19/h7-8,13-14,21,34-35H,3-6,9-12,15-16H2,1-2H3. The largest absolute Gasteiger partial charge is 0.512 e. The van der Waals surface area contributed by atoms with Crippen LogP contribution in [-0.2, 0) is 28.8 Å². The molecule has 3 aromatic rings. The van der Waals surface area contributed by atoms with Crippen LogP contribution in [0.15, 0.2) is 35.6 Å². The van der Waals surface area contributed by atoms with Gasteiger partial charge in [-0.1, -0.05) is 25.0 Å². The van der Waals surface area contributed by atoms with Crippen molar-refractivity contribution in [3.63, 3.8) is 0 Å². The highest BCUT2D eigenvalue weighted by atomic mass is 19.1. The van der Waals surface area contributed by atoms with Crippen molar-refractivity contribution in [1.82, 2.24) is 19.6 Å². The molecule has 1 saturated carbocycles. The van der Waals surface area contributed by atoms with Crippen LogP contribution in [0, 0.1) is 25.6 Å². The van der Waals surface area contributed by atoms with Gasteiger partial charge in [-0.2, -0.15) is 4.98 Å². The third kappa shape index (κ3) is 5.09. The van der Waals surface area contributed by atoms with Crippen LogP contribution in [0.3, 0.4) is 0 Å². The number of aliphatic hydroxyl groups is 2. The summed E-state index contributed by atoms with van der Waals surface area (Å²) < 4.78 is 22.3. The molecule has 0 amide bonds. The van der Waals surface area contributed by atoms with E-state index in [4.69, 9.17) is 9.84 Å². The Morgan fingerprint density at radius 3 is 2.65 bits per heavy atom. The summed E-state index contributed by atoms with van der Waals surface area (Å²) in [5.41, 5.74) is 2.33. The van der Waals surface area contributed by atoms with E-state index in [9.17, 15) is 14.3 Å². The van der Waals surface area contributed by atoms with Gasteiger partial charge in [0.2, 0.25) is 0 Å². The second kappa shape index (κ2) is 10.2. The molecule has 2 aliphatic rings. The monoisotopic (exact) mass is 508 g/mol. The Morgan fingerprint density at radius 2 is 1.95 bits per heavy atom. The van der Waals surface area contributed by atoms with Gasteiger partial charge >= 0.3 is 5.97 Å². The molecule has 8 nitrogen and oxygen atoms in total. The molecule has 5 rings (SSSR count). The number of nitrogens with zero attached hydrogens (tertiary/aromatic N) is 4. The number of carbonyl (C=O) groups is 1. The van der Waals surface area contributed by atoms with Crippen LogP contribution in [0.4, 0.5) is 4.39 Å². The average molecular weight is 509 g/mol. The molecule has 2 aromatic heterocycles. The van der Waals surface area contributed by atoms with E-state index in [1.807, 2.05) is 26.0 Å². The minimum atomic E-state index is -0.830. The Morgan fingerprint density at radius 1 is 1.16 bits per heavy atom. The molecular formula is C28H33FN4O4. The number of hydrogen-bond donors (Lipinski definition) is 2. The number of cyclic esters (lactones) is 1. The Bertz CT molecular complexity index is 1360. The van der Waals surface area contributed by atoms with Gasteiger partial charge in [0.25, 0.3) is 5.78 Å². The van der Waals surface area contributed by atoms with Crippen molar-refractivity contribution in [2.24, 2.45) is 5.92 Å². The summed E-state index contributed by atoms with van der Waals surface area (Å²) in [5, 5.41) is 24.7. The zero-order chi connectivity index (χ0) is 26.2. The molecule has 9 heteroatoms. The third-order valence-electron chi connectivity index (χ3n) is 7.79. The predicted molar refractivity (Wildman–Crippen MR) is 135 cm³/mol. The summed E-state index contributed by atoms with van der Waals surface area (Å²) >= 11 is 0. The molecule has 1 fully saturated rings. The van der Waals surface area contributed by atoms with Crippen LogP contribution in [0.25, 0.3) is 5.78 Å². The van der Waals surface area contributed by atoms with Crippen LogP contribution in [-0.4, -0.2) is 48.0 Å². The number of esters is 1. The summed E-state index contributed by atoms with van der Waals surface area (Å²) in [7, 11) is 0. The van der Waals surface area contributed by atoms with Crippen LogP contribution >= 0.6 is 0 Å². The van der Waals surface area contributed by atoms with Gasteiger partial charge in [0, 0.05) is 30.8 Å². The van der Waals surface area contributed by atoms with Gasteiger partial charge in [-0.15, -0.1) is 5.10 Å². The molecule has 0 saturated heterocycles. The first-order valence-electron chi connectivity index (χ1n) is 13.0. The van der Waals surface area contributed by atoms with E-state index in [0.29, 0.717) is 30.0 Å². The number of benzene rings is 1. The van der Waals surface area contributed by atoms with Crippen LogP contribution in [0.1, 0.15) is 66.9 Å². The van der Waals surface area contributed by atoms with Crippen LogP contribution in [0.2, 0.25) is 0 Å². The smallest absolute Gasteiger partial charge is 0.338 e. The lowest BCUT2D eigenvalue weighted by Crippen LogP contribution is -2.46. The summed E-state index contributed by atoms with van der Waals surface area (Å²) in [4.78, 5) is 22.1. The molecule has 1 aliphatic heterocycles.